The molecule has 1 saturated heterocycles. The SMILES string of the molecule is COc1cc(C2/C(=C(\O)c3c(C)nc4ccccn34)C(=O)C(=O)N2CCCn2ccnc2)ccc1OCc1ccccc1. The minimum atomic E-state index is -0.853. The molecule has 43 heavy (non-hydrogen) atoms. The highest BCUT2D eigenvalue weighted by Crippen LogP contribution is 2.42. The van der Waals surface area contributed by atoms with Crippen molar-refractivity contribution in [2.24, 2.45) is 0 Å². The normalized spacial score (nSPS) is 16.2. The van der Waals surface area contributed by atoms with E-state index >= 15 is 0 Å². The molecule has 0 aliphatic carbocycles. The number of ketones is 1. The van der Waals surface area contributed by atoms with E-state index in [1.165, 1.54) is 4.90 Å². The Balaban J connectivity index is 1.41. The van der Waals surface area contributed by atoms with Crippen molar-refractivity contribution in [3.8, 4) is 11.5 Å². The zero-order valence-corrected chi connectivity index (χ0v) is 23.9. The number of aromatic nitrogens is 4. The standard InChI is InChI=1S/C33H31N5O5/c1-22-29(37-16-7-6-11-27(37)35-22)31(39)28-30(38(33(41)32(28)40)17-8-15-36-18-14-34-21-36)24-12-13-25(26(19-24)42-2)43-20-23-9-4-3-5-10-23/h3-7,9-14,16,18-19,21,30,39H,8,15,17,20H2,1-2H3/b31-28+. The van der Waals surface area contributed by atoms with Crippen LogP contribution in [0.1, 0.15) is 35.0 Å². The van der Waals surface area contributed by atoms with Crippen LogP contribution in [0.3, 0.4) is 0 Å². The van der Waals surface area contributed by atoms with Gasteiger partial charge in [-0.05, 0) is 48.7 Å². The molecule has 1 fully saturated rings. The first-order valence-electron chi connectivity index (χ1n) is 14.0. The average Bonchev–Trinajstić information content (AvgIpc) is 3.73. The highest BCUT2D eigenvalue weighted by molar-refractivity contribution is 6.46. The third-order valence-electron chi connectivity index (χ3n) is 7.58. The average molecular weight is 578 g/mol. The summed E-state index contributed by atoms with van der Waals surface area (Å²) in [6.45, 7) is 3.00. The lowest BCUT2D eigenvalue weighted by Gasteiger charge is -2.26. The number of pyridine rings is 1. The van der Waals surface area contributed by atoms with Crippen LogP contribution in [0.25, 0.3) is 11.4 Å². The van der Waals surface area contributed by atoms with Crippen LogP contribution >= 0.6 is 0 Å². The van der Waals surface area contributed by atoms with Gasteiger partial charge < -0.3 is 24.0 Å². The van der Waals surface area contributed by atoms with E-state index in [2.05, 4.69) is 9.97 Å². The molecule has 1 aliphatic heterocycles. The van der Waals surface area contributed by atoms with E-state index in [0.29, 0.717) is 53.7 Å². The van der Waals surface area contributed by atoms with Crippen molar-refractivity contribution in [3.63, 3.8) is 0 Å². The van der Waals surface area contributed by atoms with Crippen molar-refractivity contribution in [2.45, 2.75) is 32.5 Å². The number of ether oxygens (including phenoxy) is 2. The Bertz CT molecular complexity index is 1810. The zero-order chi connectivity index (χ0) is 29.9. The molecule has 0 spiro atoms. The molecule has 1 amide bonds. The lowest BCUT2D eigenvalue weighted by Crippen LogP contribution is -2.31. The van der Waals surface area contributed by atoms with E-state index in [1.807, 2.05) is 59.3 Å². The molecule has 0 saturated carbocycles. The summed E-state index contributed by atoms with van der Waals surface area (Å²) in [5, 5.41) is 11.7. The minimum absolute atomic E-state index is 0.00129. The van der Waals surface area contributed by atoms with Crippen LogP contribution in [0.5, 0.6) is 11.5 Å². The molecule has 0 bridgehead atoms. The molecule has 1 atom stereocenters. The second kappa shape index (κ2) is 11.8. The van der Waals surface area contributed by atoms with Gasteiger partial charge in [0.05, 0.1) is 30.7 Å². The van der Waals surface area contributed by atoms with Gasteiger partial charge in [0.15, 0.2) is 17.3 Å². The number of imidazole rings is 2. The summed E-state index contributed by atoms with van der Waals surface area (Å²) in [5.41, 5.74) is 3.14. The molecule has 10 heteroatoms. The van der Waals surface area contributed by atoms with Gasteiger partial charge in [-0.3, -0.25) is 14.0 Å². The number of hydrogen-bond acceptors (Lipinski definition) is 7. The van der Waals surface area contributed by atoms with Crippen molar-refractivity contribution in [3.05, 3.63) is 120 Å². The van der Waals surface area contributed by atoms with Gasteiger partial charge in [0.25, 0.3) is 11.7 Å². The van der Waals surface area contributed by atoms with Crippen molar-refractivity contribution in [2.75, 3.05) is 13.7 Å². The van der Waals surface area contributed by atoms with E-state index < -0.39 is 17.7 Å². The molecule has 1 aliphatic rings. The lowest BCUT2D eigenvalue weighted by molar-refractivity contribution is -0.139. The fourth-order valence-corrected chi connectivity index (χ4v) is 5.54. The first-order chi connectivity index (χ1) is 21.0. The molecule has 1 N–H and O–H groups in total. The smallest absolute Gasteiger partial charge is 0.295 e. The van der Waals surface area contributed by atoms with Crippen molar-refractivity contribution < 1.29 is 24.2 Å². The Morgan fingerprint density at radius 2 is 1.79 bits per heavy atom. The Hall–Kier alpha value is -5.38. The van der Waals surface area contributed by atoms with E-state index in [4.69, 9.17) is 9.47 Å². The molecular formula is C33H31N5O5. The number of nitrogens with zero attached hydrogens (tertiary/aromatic N) is 5. The molecular weight excluding hydrogens is 546 g/mol. The van der Waals surface area contributed by atoms with Crippen molar-refractivity contribution in [1.29, 1.82) is 0 Å². The van der Waals surface area contributed by atoms with Gasteiger partial charge in [-0.2, -0.15) is 0 Å². The Labute approximate surface area is 248 Å². The monoisotopic (exact) mass is 577 g/mol. The number of benzene rings is 2. The van der Waals surface area contributed by atoms with Crippen LogP contribution in [0.4, 0.5) is 0 Å². The number of likely N-dealkylation sites (tertiary alicyclic amines) is 1. The highest BCUT2D eigenvalue weighted by Gasteiger charge is 2.46. The lowest BCUT2D eigenvalue weighted by atomic mass is 9.95. The molecule has 0 radical (unpaired) electrons. The summed E-state index contributed by atoms with van der Waals surface area (Å²) in [7, 11) is 1.54. The fourth-order valence-electron chi connectivity index (χ4n) is 5.54. The van der Waals surface area contributed by atoms with Gasteiger partial charge in [-0.15, -0.1) is 0 Å². The van der Waals surface area contributed by atoms with E-state index in [-0.39, 0.29) is 17.9 Å². The molecule has 4 heterocycles. The van der Waals surface area contributed by atoms with Crippen LogP contribution in [-0.4, -0.2) is 54.3 Å². The maximum Gasteiger partial charge on any atom is 0.295 e. The number of aliphatic hydroxyl groups excluding tert-OH is 1. The van der Waals surface area contributed by atoms with Gasteiger partial charge in [0, 0.05) is 31.7 Å². The van der Waals surface area contributed by atoms with Gasteiger partial charge in [0.1, 0.15) is 17.9 Å². The summed E-state index contributed by atoms with van der Waals surface area (Å²) in [6.07, 6.45) is 7.58. The molecule has 6 rings (SSSR count). The predicted octanol–water partition coefficient (Wildman–Crippen LogP) is 4.94. The van der Waals surface area contributed by atoms with Gasteiger partial charge >= 0.3 is 0 Å². The van der Waals surface area contributed by atoms with Crippen LogP contribution in [-0.2, 0) is 22.7 Å². The summed E-state index contributed by atoms with van der Waals surface area (Å²) in [6, 6.07) is 19.7. The summed E-state index contributed by atoms with van der Waals surface area (Å²) >= 11 is 0. The topological polar surface area (TPSA) is 111 Å². The van der Waals surface area contributed by atoms with Gasteiger partial charge in [0.2, 0.25) is 0 Å². The molecule has 10 nitrogen and oxygen atoms in total. The summed E-state index contributed by atoms with van der Waals surface area (Å²) in [4.78, 5) is 37.3. The molecule has 1 unspecified atom stereocenters. The van der Waals surface area contributed by atoms with Crippen molar-refractivity contribution in [1.82, 2.24) is 23.8 Å². The zero-order valence-electron chi connectivity index (χ0n) is 23.9. The number of methoxy groups -OCH3 is 1. The summed E-state index contributed by atoms with van der Waals surface area (Å²) < 4.78 is 15.4. The number of Topliss-reactive ketones (excluding diaryl/α,β-unsaturated/α-hetero) is 1. The van der Waals surface area contributed by atoms with Crippen molar-refractivity contribution >= 4 is 23.1 Å². The number of hydrogen-bond donors (Lipinski definition) is 1. The molecule has 2 aromatic carbocycles. The molecule has 3 aromatic heterocycles. The van der Waals surface area contributed by atoms with Crippen LogP contribution < -0.4 is 9.47 Å². The third kappa shape index (κ3) is 5.34. The van der Waals surface area contributed by atoms with E-state index in [9.17, 15) is 14.7 Å². The largest absolute Gasteiger partial charge is 0.505 e. The third-order valence-corrected chi connectivity index (χ3v) is 7.58. The highest BCUT2D eigenvalue weighted by atomic mass is 16.5. The predicted molar refractivity (Wildman–Crippen MR) is 160 cm³/mol. The maximum atomic E-state index is 13.6. The van der Waals surface area contributed by atoms with E-state index in [1.54, 1.807) is 55.4 Å². The number of fused-ring (bicyclic) bond motifs is 1. The Morgan fingerprint density at radius 1 is 0.977 bits per heavy atom. The number of carbonyl (C=O) groups excluding carboxylic acids is 2. The quantitative estimate of drug-likeness (QED) is 0.142. The number of rotatable bonds is 10. The molecule has 5 aromatic rings. The fraction of sp³-hybridized carbons (Fsp3) is 0.212. The first-order valence-corrected chi connectivity index (χ1v) is 14.0. The Morgan fingerprint density at radius 3 is 2.56 bits per heavy atom. The first kappa shape index (κ1) is 27.8. The van der Waals surface area contributed by atoms with Crippen LogP contribution in [0.15, 0.2) is 97.2 Å². The van der Waals surface area contributed by atoms with Gasteiger partial charge in [-0.1, -0.05) is 42.5 Å². The second-order valence-electron chi connectivity index (χ2n) is 10.3. The van der Waals surface area contributed by atoms with Crippen LogP contribution in [0, 0.1) is 6.92 Å². The van der Waals surface area contributed by atoms with E-state index in [0.717, 1.165) is 5.56 Å². The number of aryl methyl sites for hydroxylation is 2. The number of amides is 1. The van der Waals surface area contributed by atoms with Crippen LogP contribution in [0.2, 0.25) is 0 Å². The molecule has 218 valence electrons. The minimum Gasteiger partial charge on any atom is -0.505 e. The maximum absolute atomic E-state index is 13.6. The Kier molecular flexibility index (Phi) is 7.65. The number of carbonyl (C=O) groups is 2. The van der Waals surface area contributed by atoms with Gasteiger partial charge in [-0.25, -0.2) is 9.97 Å². The second-order valence-corrected chi connectivity index (χ2v) is 10.3. The summed E-state index contributed by atoms with van der Waals surface area (Å²) in [5.74, 6) is -0.737. The number of aliphatic hydroxyl groups is 1.